The number of aromatic nitrogens is 2. The number of carbonyl (C=O) groups is 1. The summed E-state index contributed by atoms with van der Waals surface area (Å²) in [7, 11) is 0. The molecule has 5 atom stereocenters. The Morgan fingerprint density at radius 2 is 1.94 bits per heavy atom. The Balaban J connectivity index is 1.37. The average molecular weight is 464 g/mol. The van der Waals surface area contributed by atoms with Gasteiger partial charge in [-0.15, -0.1) is 0 Å². The smallest absolute Gasteiger partial charge is 0.340 e. The molecule has 3 fully saturated rings. The van der Waals surface area contributed by atoms with Crippen LogP contribution in [0, 0.1) is 17.7 Å². The molecule has 1 amide bonds. The van der Waals surface area contributed by atoms with E-state index in [0.29, 0.717) is 23.6 Å². The second kappa shape index (κ2) is 8.30. The Labute approximate surface area is 187 Å². The molecule has 1 aliphatic carbocycles. The number of hydrogen-bond acceptors (Lipinski definition) is 6. The number of pyridine rings is 2. The second-order valence-electron chi connectivity index (χ2n) is 8.92. The standard InChI is InChI=1S/C22H24F4N6O/c1-11(13-4-7-16(28-9-13)22(24,25)26)32-20-18(19(31-32)12-2-3-12)21(33)30-17(29-20)8-15-6-5-14(23)10-27-15/h4-7,9-12,17-20,29,31H,2-3,8H2,1H3,(H,30,33)/t11-,17?,18?,19?,20?/m0/s1. The molecule has 2 saturated heterocycles. The van der Waals surface area contributed by atoms with Crippen LogP contribution < -0.4 is 16.1 Å². The van der Waals surface area contributed by atoms with Gasteiger partial charge in [0.25, 0.3) is 0 Å². The van der Waals surface area contributed by atoms with E-state index < -0.39 is 23.9 Å². The Bertz CT molecular complexity index is 1010. The van der Waals surface area contributed by atoms with E-state index in [0.717, 1.165) is 25.1 Å². The summed E-state index contributed by atoms with van der Waals surface area (Å²) < 4.78 is 51.9. The normalized spacial score (nSPS) is 28.9. The molecule has 0 spiro atoms. The minimum absolute atomic E-state index is 0.0581. The molecule has 0 bridgehead atoms. The lowest BCUT2D eigenvalue weighted by Crippen LogP contribution is -2.65. The molecule has 176 valence electrons. The van der Waals surface area contributed by atoms with Crippen molar-refractivity contribution in [3.63, 3.8) is 0 Å². The summed E-state index contributed by atoms with van der Waals surface area (Å²) in [5.74, 6) is -0.490. The Kier molecular flexibility index (Phi) is 5.58. The third-order valence-electron chi connectivity index (χ3n) is 6.62. The van der Waals surface area contributed by atoms with Gasteiger partial charge in [0.05, 0.1) is 24.4 Å². The third kappa shape index (κ3) is 4.44. The highest BCUT2D eigenvalue weighted by atomic mass is 19.4. The van der Waals surface area contributed by atoms with Gasteiger partial charge in [-0.25, -0.2) is 14.8 Å². The molecule has 3 aliphatic rings. The zero-order chi connectivity index (χ0) is 23.3. The van der Waals surface area contributed by atoms with Crippen molar-refractivity contribution in [2.45, 2.75) is 56.8 Å². The van der Waals surface area contributed by atoms with E-state index in [4.69, 9.17) is 0 Å². The maximum Gasteiger partial charge on any atom is 0.433 e. The lowest BCUT2D eigenvalue weighted by atomic mass is 9.91. The van der Waals surface area contributed by atoms with E-state index >= 15 is 0 Å². The minimum atomic E-state index is -4.50. The molecule has 0 radical (unpaired) electrons. The number of nitrogens with zero attached hydrogens (tertiary/aromatic N) is 3. The lowest BCUT2D eigenvalue weighted by molar-refractivity contribution is -0.141. The summed E-state index contributed by atoms with van der Waals surface area (Å²) in [4.78, 5) is 20.8. The largest absolute Gasteiger partial charge is 0.433 e. The molecule has 7 nitrogen and oxygen atoms in total. The van der Waals surface area contributed by atoms with E-state index in [2.05, 4.69) is 26.0 Å². The predicted octanol–water partition coefficient (Wildman–Crippen LogP) is 2.52. The number of fused-ring (bicyclic) bond motifs is 1. The van der Waals surface area contributed by atoms with E-state index in [9.17, 15) is 22.4 Å². The lowest BCUT2D eigenvalue weighted by Gasteiger charge is -2.39. The van der Waals surface area contributed by atoms with Gasteiger partial charge in [0.15, 0.2) is 0 Å². The molecule has 5 rings (SSSR count). The fraction of sp³-hybridized carbons (Fsp3) is 0.500. The average Bonchev–Trinajstić information content (AvgIpc) is 3.55. The van der Waals surface area contributed by atoms with Gasteiger partial charge in [-0.3, -0.25) is 20.1 Å². The summed E-state index contributed by atoms with van der Waals surface area (Å²) in [5.41, 5.74) is 3.75. The van der Waals surface area contributed by atoms with Crippen molar-refractivity contribution in [2.24, 2.45) is 11.8 Å². The number of halogens is 4. The maximum absolute atomic E-state index is 13.2. The van der Waals surface area contributed by atoms with Crippen LogP contribution in [0.3, 0.4) is 0 Å². The van der Waals surface area contributed by atoms with Gasteiger partial charge in [0.2, 0.25) is 5.91 Å². The van der Waals surface area contributed by atoms with E-state index in [1.54, 1.807) is 6.07 Å². The second-order valence-corrected chi connectivity index (χ2v) is 8.92. The zero-order valence-corrected chi connectivity index (χ0v) is 17.8. The Morgan fingerprint density at radius 3 is 2.55 bits per heavy atom. The molecular weight excluding hydrogens is 440 g/mol. The highest BCUT2D eigenvalue weighted by molar-refractivity contribution is 5.81. The van der Waals surface area contributed by atoms with Crippen molar-refractivity contribution in [2.75, 3.05) is 0 Å². The van der Waals surface area contributed by atoms with Gasteiger partial charge in [-0.2, -0.15) is 13.2 Å². The van der Waals surface area contributed by atoms with Crippen LogP contribution in [0.2, 0.25) is 0 Å². The molecular formula is C22H24F4N6O. The SMILES string of the molecule is C[C@@H](c1ccc(C(F)(F)F)nc1)N1NC(C2CC2)C2C(=O)NC(Cc3ccc(F)cn3)NC21. The van der Waals surface area contributed by atoms with Crippen molar-refractivity contribution in [1.29, 1.82) is 0 Å². The van der Waals surface area contributed by atoms with Crippen LogP contribution in [-0.2, 0) is 17.4 Å². The number of carbonyl (C=O) groups excluding carboxylic acids is 1. The molecule has 2 aromatic heterocycles. The number of alkyl halides is 3. The Morgan fingerprint density at radius 1 is 1.15 bits per heavy atom. The van der Waals surface area contributed by atoms with Gasteiger partial charge in [0, 0.05) is 30.4 Å². The van der Waals surface area contributed by atoms with Gasteiger partial charge < -0.3 is 5.32 Å². The van der Waals surface area contributed by atoms with Crippen molar-refractivity contribution < 1.29 is 22.4 Å². The summed E-state index contributed by atoms with van der Waals surface area (Å²) >= 11 is 0. The van der Waals surface area contributed by atoms with Gasteiger partial charge in [-0.05, 0) is 49.4 Å². The first kappa shape index (κ1) is 22.2. The fourth-order valence-electron chi connectivity index (χ4n) is 4.74. The molecule has 11 heteroatoms. The zero-order valence-electron chi connectivity index (χ0n) is 17.8. The van der Waals surface area contributed by atoms with Crippen LogP contribution >= 0.6 is 0 Å². The van der Waals surface area contributed by atoms with Crippen LogP contribution in [0.5, 0.6) is 0 Å². The molecule has 4 heterocycles. The molecule has 2 aromatic rings. The summed E-state index contributed by atoms with van der Waals surface area (Å²) in [5, 5.41) is 8.37. The molecule has 1 saturated carbocycles. The van der Waals surface area contributed by atoms with Crippen molar-refractivity contribution in [3.8, 4) is 0 Å². The first-order valence-corrected chi connectivity index (χ1v) is 11.0. The number of hydrazine groups is 1. The van der Waals surface area contributed by atoms with Crippen LogP contribution in [-0.4, -0.2) is 39.3 Å². The number of hydrogen-bond donors (Lipinski definition) is 3. The van der Waals surface area contributed by atoms with E-state index in [1.165, 1.54) is 18.3 Å². The monoisotopic (exact) mass is 464 g/mol. The van der Waals surface area contributed by atoms with Crippen molar-refractivity contribution >= 4 is 5.91 Å². The van der Waals surface area contributed by atoms with Crippen LogP contribution in [0.4, 0.5) is 17.6 Å². The quantitative estimate of drug-likeness (QED) is 0.590. The fourth-order valence-corrected chi connectivity index (χ4v) is 4.74. The molecule has 33 heavy (non-hydrogen) atoms. The van der Waals surface area contributed by atoms with E-state index in [1.807, 2.05) is 11.9 Å². The first-order valence-electron chi connectivity index (χ1n) is 11.0. The van der Waals surface area contributed by atoms with Crippen molar-refractivity contribution in [3.05, 3.63) is 59.4 Å². The topological polar surface area (TPSA) is 82.2 Å². The highest BCUT2D eigenvalue weighted by Gasteiger charge is 2.55. The minimum Gasteiger partial charge on any atom is -0.340 e. The van der Waals surface area contributed by atoms with E-state index in [-0.39, 0.29) is 30.1 Å². The highest BCUT2D eigenvalue weighted by Crippen LogP contribution is 2.43. The maximum atomic E-state index is 13.2. The van der Waals surface area contributed by atoms with Crippen molar-refractivity contribution in [1.82, 2.24) is 31.0 Å². The van der Waals surface area contributed by atoms with Gasteiger partial charge in [0.1, 0.15) is 11.5 Å². The summed E-state index contributed by atoms with van der Waals surface area (Å²) in [6.07, 6.45) is -0.494. The number of amides is 1. The molecule has 4 unspecified atom stereocenters. The molecule has 0 aromatic carbocycles. The number of nitrogens with one attached hydrogen (secondary N) is 3. The molecule has 2 aliphatic heterocycles. The van der Waals surface area contributed by atoms with Gasteiger partial charge in [-0.1, -0.05) is 6.07 Å². The van der Waals surface area contributed by atoms with Crippen LogP contribution in [0.1, 0.15) is 42.8 Å². The summed E-state index contributed by atoms with van der Waals surface area (Å²) in [6.45, 7) is 1.87. The van der Waals surface area contributed by atoms with Gasteiger partial charge >= 0.3 is 6.18 Å². The Hall–Kier alpha value is -2.63. The first-order chi connectivity index (χ1) is 15.7. The number of rotatable bonds is 5. The third-order valence-corrected chi connectivity index (χ3v) is 6.62. The molecule has 3 N–H and O–H groups in total. The van der Waals surface area contributed by atoms with Crippen LogP contribution in [0.25, 0.3) is 0 Å². The van der Waals surface area contributed by atoms with Crippen LogP contribution in [0.15, 0.2) is 36.7 Å². The summed E-state index contributed by atoms with van der Waals surface area (Å²) in [6, 6.07) is 4.90. The predicted molar refractivity (Wildman–Crippen MR) is 109 cm³/mol.